The van der Waals surface area contributed by atoms with Crippen molar-refractivity contribution in [3.63, 3.8) is 0 Å². The van der Waals surface area contributed by atoms with E-state index in [-0.39, 0.29) is 5.91 Å². The molecule has 0 atom stereocenters. The van der Waals surface area contributed by atoms with Gasteiger partial charge in [0, 0.05) is 5.56 Å². The maximum absolute atomic E-state index is 12.3. The maximum Gasteiger partial charge on any atom is 0.271 e. The Labute approximate surface area is 178 Å². The smallest absolute Gasteiger partial charge is 0.271 e. The molecule has 0 spiro atoms. The van der Waals surface area contributed by atoms with E-state index >= 15 is 0 Å². The van der Waals surface area contributed by atoms with Gasteiger partial charge in [0.25, 0.3) is 5.91 Å². The van der Waals surface area contributed by atoms with Gasteiger partial charge in [0.2, 0.25) is 0 Å². The summed E-state index contributed by atoms with van der Waals surface area (Å²) >= 11 is 7.34. The number of thiophene rings is 1. The lowest BCUT2D eigenvalue weighted by molar-refractivity contribution is 0.0955. The van der Waals surface area contributed by atoms with Crippen molar-refractivity contribution in [1.82, 2.24) is 5.43 Å². The second-order valence-electron chi connectivity index (χ2n) is 6.13. The number of nitrogens with zero attached hydrogens (tertiary/aromatic N) is 1. The minimum atomic E-state index is -0.272. The van der Waals surface area contributed by atoms with Crippen LogP contribution >= 0.6 is 22.9 Å². The van der Waals surface area contributed by atoms with Gasteiger partial charge >= 0.3 is 0 Å². The van der Waals surface area contributed by atoms with Gasteiger partial charge in [-0.25, -0.2) is 5.43 Å². The minimum Gasteiger partial charge on any atom is -0.494 e. The number of rotatable bonds is 8. The van der Waals surface area contributed by atoms with Gasteiger partial charge in [-0.1, -0.05) is 23.7 Å². The molecule has 2 aromatic carbocycles. The molecule has 7 heteroatoms. The number of ether oxygens (including phenoxy) is 2. The third-order valence-electron chi connectivity index (χ3n) is 4.01. The molecule has 0 radical (unpaired) electrons. The molecule has 0 aliphatic rings. The molecule has 0 unspecified atom stereocenters. The van der Waals surface area contributed by atoms with Gasteiger partial charge in [-0.2, -0.15) is 5.10 Å². The molecule has 0 aliphatic carbocycles. The summed E-state index contributed by atoms with van der Waals surface area (Å²) in [6, 6.07) is 18.4. The highest BCUT2D eigenvalue weighted by atomic mass is 35.5. The number of hydrogen-bond donors (Lipinski definition) is 1. The molecule has 1 amide bonds. The lowest BCUT2D eigenvalue weighted by Gasteiger charge is -2.08. The van der Waals surface area contributed by atoms with Crippen molar-refractivity contribution in [1.29, 1.82) is 0 Å². The molecule has 150 valence electrons. The van der Waals surface area contributed by atoms with Gasteiger partial charge in [0.05, 0.1) is 21.5 Å². The first-order valence-corrected chi connectivity index (χ1v) is 10.3. The molecule has 3 rings (SSSR count). The summed E-state index contributed by atoms with van der Waals surface area (Å²) in [5, 5.41) is 4.14. The Balaban J connectivity index is 1.53. The van der Waals surface area contributed by atoms with E-state index in [0.717, 1.165) is 21.9 Å². The summed E-state index contributed by atoms with van der Waals surface area (Å²) in [4.78, 5) is 13.2. The molecule has 1 N–H and O–H groups in total. The molecule has 1 aromatic heterocycles. The van der Waals surface area contributed by atoms with Gasteiger partial charge in [0.1, 0.15) is 18.1 Å². The van der Waals surface area contributed by atoms with Crippen LogP contribution in [0.1, 0.15) is 34.6 Å². The van der Waals surface area contributed by atoms with E-state index in [2.05, 4.69) is 10.5 Å². The second-order valence-corrected chi connectivity index (χ2v) is 7.85. The number of hydrogen-bond acceptors (Lipinski definition) is 5. The monoisotopic (exact) mass is 428 g/mol. The molecule has 5 nitrogen and oxygen atoms in total. The zero-order chi connectivity index (χ0) is 20.6. The first-order valence-electron chi connectivity index (χ1n) is 9.10. The number of amides is 1. The fourth-order valence-electron chi connectivity index (χ4n) is 2.48. The van der Waals surface area contributed by atoms with Gasteiger partial charge in [-0.3, -0.25) is 4.79 Å². The molecular weight excluding hydrogens is 408 g/mol. The van der Waals surface area contributed by atoms with Crippen LogP contribution < -0.4 is 14.9 Å². The van der Waals surface area contributed by atoms with E-state index in [1.54, 1.807) is 18.2 Å². The SMILES string of the molecule is CCOc1ccc(OCc2ccc(C(=O)NN=C(C)c3ccc(Cl)s3)cc2)cc1. The van der Waals surface area contributed by atoms with Crippen molar-refractivity contribution < 1.29 is 14.3 Å². The number of carbonyl (C=O) groups excluding carboxylic acids is 1. The summed E-state index contributed by atoms with van der Waals surface area (Å²) < 4.78 is 11.9. The lowest BCUT2D eigenvalue weighted by atomic mass is 10.1. The van der Waals surface area contributed by atoms with Crippen molar-refractivity contribution in [2.24, 2.45) is 5.10 Å². The van der Waals surface area contributed by atoms with Crippen LogP contribution in [0.5, 0.6) is 11.5 Å². The highest BCUT2D eigenvalue weighted by molar-refractivity contribution is 7.18. The van der Waals surface area contributed by atoms with Crippen LogP contribution in [0.15, 0.2) is 65.8 Å². The van der Waals surface area contributed by atoms with Crippen LogP contribution in [0.4, 0.5) is 0 Å². The number of carbonyl (C=O) groups is 1. The zero-order valence-electron chi connectivity index (χ0n) is 16.1. The van der Waals surface area contributed by atoms with Crippen molar-refractivity contribution in [3.05, 3.63) is 81.0 Å². The lowest BCUT2D eigenvalue weighted by Crippen LogP contribution is -2.19. The molecule has 0 bridgehead atoms. The third kappa shape index (κ3) is 6.07. The normalized spacial score (nSPS) is 11.2. The van der Waals surface area contributed by atoms with Crippen LogP contribution in [0.2, 0.25) is 4.34 Å². The summed E-state index contributed by atoms with van der Waals surface area (Å²) in [7, 11) is 0. The standard InChI is InChI=1S/C22H21ClN2O3S/c1-3-27-18-8-10-19(11-9-18)28-14-16-4-6-17(7-5-16)22(26)25-24-15(2)20-12-13-21(23)29-20/h4-13H,3,14H2,1-2H3,(H,25,26). The average Bonchev–Trinajstić information content (AvgIpc) is 3.18. The van der Waals surface area contributed by atoms with E-state index in [4.69, 9.17) is 21.1 Å². The minimum absolute atomic E-state index is 0.272. The number of halogens is 1. The van der Waals surface area contributed by atoms with Crippen molar-refractivity contribution in [2.75, 3.05) is 6.61 Å². The molecule has 0 fully saturated rings. The van der Waals surface area contributed by atoms with Crippen LogP contribution in [-0.2, 0) is 6.61 Å². The van der Waals surface area contributed by atoms with E-state index < -0.39 is 0 Å². The molecular formula is C22H21ClN2O3S. The Morgan fingerprint density at radius 3 is 2.24 bits per heavy atom. The predicted molar refractivity (Wildman–Crippen MR) is 117 cm³/mol. The van der Waals surface area contributed by atoms with E-state index in [1.165, 1.54) is 11.3 Å². The van der Waals surface area contributed by atoms with Gasteiger partial charge < -0.3 is 9.47 Å². The first kappa shape index (κ1) is 20.9. The summed E-state index contributed by atoms with van der Waals surface area (Å²) in [6.07, 6.45) is 0. The topological polar surface area (TPSA) is 59.9 Å². The molecule has 0 aliphatic heterocycles. The molecule has 0 saturated heterocycles. The fraction of sp³-hybridized carbons (Fsp3) is 0.182. The Kier molecular flexibility index (Phi) is 7.27. The third-order valence-corrected chi connectivity index (χ3v) is 5.35. The maximum atomic E-state index is 12.3. The molecule has 3 aromatic rings. The quantitative estimate of drug-likeness (QED) is 0.379. The predicted octanol–water partition coefficient (Wildman–Crippen LogP) is 5.53. The zero-order valence-corrected chi connectivity index (χ0v) is 17.7. The van der Waals surface area contributed by atoms with E-state index in [1.807, 2.05) is 56.3 Å². The number of hydrazone groups is 1. The Morgan fingerprint density at radius 1 is 1.00 bits per heavy atom. The van der Waals surface area contributed by atoms with E-state index in [9.17, 15) is 4.79 Å². The van der Waals surface area contributed by atoms with E-state index in [0.29, 0.717) is 28.8 Å². The Hall–Kier alpha value is -2.83. The Morgan fingerprint density at radius 2 is 1.66 bits per heavy atom. The summed E-state index contributed by atoms with van der Waals surface area (Å²) in [5.74, 6) is 1.30. The highest BCUT2D eigenvalue weighted by Gasteiger charge is 2.07. The highest BCUT2D eigenvalue weighted by Crippen LogP contribution is 2.22. The largest absolute Gasteiger partial charge is 0.494 e. The van der Waals surface area contributed by atoms with Crippen molar-refractivity contribution >= 4 is 34.6 Å². The van der Waals surface area contributed by atoms with Gasteiger partial charge in [-0.05, 0) is 67.9 Å². The molecule has 29 heavy (non-hydrogen) atoms. The molecule has 1 heterocycles. The summed E-state index contributed by atoms with van der Waals surface area (Å²) in [6.45, 7) is 4.81. The fourth-order valence-corrected chi connectivity index (χ4v) is 3.47. The average molecular weight is 429 g/mol. The van der Waals surface area contributed by atoms with Gasteiger partial charge in [0.15, 0.2) is 0 Å². The number of benzene rings is 2. The van der Waals surface area contributed by atoms with Gasteiger partial charge in [-0.15, -0.1) is 11.3 Å². The molecule has 0 saturated carbocycles. The van der Waals surface area contributed by atoms with Crippen LogP contribution in [0.3, 0.4) is 0 Å². The number of nitrogens with one attached hydrogen (secondary N) is 1. The Bertz CT molecular complexity index is 982. The van der Waals surface area contributed by atoms with Crippen LogP contribution in [0, 0.1) is 0 Å². The van der Waals surface area contributed by atoms with Crippen molar-refractivity contribution in [2.45, 2.75) is 20.5 Å². The second kappa shape index (κ2) is 10.1. The van der Waals surface area contributed by atoms with Crippen molar-refractivity contribution in [3.8, 4) is 11.5 Å². The first-order chi connectivity index (χ1) is 14.0. The van der Waals surface area contributed by atoms with Crippen LogP contribution in [0.25, 0.3) is 0 Å². The van der Waals surface area contributed by atoms with Crippen LogP contribution in [-0.4, -0.2) is 18.2 Å². The summed E-state index contributed by atoms with van der Waals surface area (Å²) in [5.41, 5.74) is 4.76.